The number of nitrogens with zero attached hydrogens (tertiary/aromatic N) is 5. The molecule has 4 aromatic rings. The first kappa shape index (κ1) is 24.9. The van der Waals surface area contributed by atoms with Crippen LogP contribution in [0.15, 0.2) is 54.7 Å². The smallest absolute Gasteiger partial charge is 0.138 e. The zero-order valence-electron chi connectivity index (χ0n) is 21.7. The molecule has 0 radical (unpaired) electrons. The molecule has 1 aliphatic heterocycles. The lowest BCUT2D eigenvalue weighted by atomic mass is 10.0. The van der Waals surface area contributed by atoms with Crippen molar-refractivity contribution in [2.24, 2.45) is 0 Å². The molecule has 0 aliphatic carbocycles. The summed E-state index contributed by atoms with van der Waals surface area (Å²) in [4.78, 5) is 11.9. The molecule has 0 spiro atoms. The van der Waals surface area contributed by atoms with E-state index < -0.39 is 0 Å². The van der Waals surface area contributed by atoms with Gasteiger partial charge in [-0.1, -0.05) is 23.7 Å². The highest BCUT2D eigenvalue weighted by Crippen LogP contribution is 2.34. The molecule has 0 amide bonds. The zero-order chi connectivity index (χ0) is 25.2. The van der Waals surface area contributed by atoms with E-state index in [-0.39, 0.29) is 0 Å². The van der Waals surface area contributed by atoms with Gasteiger partial charge in [0.05, 0.1) is 28.4 Å². The van der Waals surface area contributed by atoms with Gasteiger partial charge in [0.15, 0.2) is 0 Å². The van der Waals surface area contributed by atoms with Crippen LogP contribution in [0, 0.1) is 0 Å². The minimum atomic E-state index is 0.636. The van der Waals surface area contributed by atoms with Crippen molar-refractivity contribution in [3.8, 4) is 16.9 Å². The molecule has 190 valence electrons. The first-order chi connectivity index (χ1) is 17.4. The van der Waals surface area contributed by atoms with Crippen molar-refractivity contribution in [1.29, 1.82) is 0 Å². The van der Waals surface area contributed by atoms with Gasteiger partial charge in [-0.3, -0.25) is 4.40 Å². The Labute approximate surface area is 219 Å². The van der Waals surface area contributed by atoms with Crippen LogP contribution >= 0.6 is 11.6 Å². The molecule has 0 unspecified atom stereocenters. The van der Waals surface area contributed by atoms with Crippen LogP contribution in [0.4, 0.5) is 5.69 Å². The number of hydrogen-bond acceptors (Lipinski definition) is 5. The molecule has 1 saturated heterocycles. The number of halogens is 1. The number of rotatable bonds is 8. The van der Waals surface area contributed by atoms with Gasteiger partial charge in [0.2, 0.25) is 0 Å². The molecule has 3 heterocycles. The molecule has 6 nitrogen and oxygen atoms in total. The third kappa shape index (κ3) is 5.17. The van der Waals surface area contributed by atoms with Crippen LogP contribution in [0.1, 0.15) is 19.3 Å². The zero-order valence-corrected chi connectivity index (χ0v) is 22.5. The highest BCUT2D eigenvalue weighted by Gasteiger charge is 2.23. The number of benzene rings is 2. The summed E-state index contributed by atoms with van der Waals surface area (Å²) in [6.45, 7) is 3.75. The number of aromatic nitrogens is 2. The summed E-state index contributed by atoms with van der Waals surface area (Å²) in [7, 11) is 8.50. The molecule has 1 aliphatic rings. The monoisotopic (exact) mass is 505 g/mol. The normalized spacial score (nSPS) is 15.0. The van der Waals surface area contributed by atoms with Crippen molar-refractivity contribution in [3.05, 3.63) is 59.8 Å². The molecule has 1 fully saturated rings. The molecule has 36 heavy (non-hydrogen) atoms. The second-order valence-corrected chi connectivity index (χ2v) is 10.6. The fraction of sp³-hybridized carbons (Fsp3) is 0.414. The molecule has 7 heteroatoms. The molecule has 5 rings (SSSR count). The van der Waals surface area contributed by atoms with Crippen LogP contribution in [0.5, 0.6) is 5.75 Å². The summed E-state index contributed by atoms with van der Waals surface area (Å²) in [6.07, 6.45) is 5.50. The average molecular weight is 506 g/mol. The third-order valence-corrected chi connectivity index (χ3v) is 7.50. The van der Waals surface area contributed by atoms with E-state index in [0.717, 1.165) is 54.1 Å². The second-order valence-electron chi connectivity index (χ2n) is 10.2. The lowest BCUT2D eigenvalue weighted by molar-refractivity contribution is 0.250. The van der Waals surface area contributed by atoms with Crippen LogP contribution in [-0.4, -0.2) is 79.7 Å². The van der Waals surface area contributed by atoms with Gasteiger partial charge in [-0.25, -0.2) is 4.98 Å². The summed E-state index contributed by atoms with van der Waals surface area (Å²) in [5, 5.41) is 0.636. The number of imidazole rings is 1. The Hall–Kier alpha value is -2.80. The van der Waals surface area contributed by atoms with Gasteiger partial charge in [-0.15, -0.1) is 0 Å². The SMILES string of the molecule is CN(C)CCCOc1ccc(-c2ccc3nc4cccc(N5CCC(N(C)C)CC5)c4n3c2)cc1Cl. The fourth-order valence-electron chi connectivity index (χ4n) is 5.15. The molecule has 0 atom stereocenters. The van der Waals surface area contributed by atoms with Gasteiger partial charge < -0.3 is 19.4 Å². The maximum Gasteiger partial charge on any atom is 0.138 e. The summed E-state index contributed by atoms with van der Waals surface area (Å²) in [5.41, 5.74) is 6.58. The Kier molecular flexibility index (Phi) is 7.37. The van der Waals surface area contributed by atoms with E-state index in [1.54, 1.807) is 0 Å². The second kappa shape index (κ2) is 10.7. The van der Waals surface area contributed by atoms with E-state index in [1.165, 1.54) is 24.0 Å². The lowest BCUT2D eigenvalue weighted by Crippen LogP contribution is -2.42. The van der Waals surface area contributed by atoms with Gasteiger partial charge in [-0.2, -0.15) is 0 Å². The van der Waals surface area contributed by atoms with Crippen molar-refractivity contribution < 1.29 is 4.74 Å². The molecule has 2 aromatic heterocycles. The van der Waals surface area contributed by atoms with Crippen LogP contribution in [0.3, 0.4) is 0 Å². The minimum Gasteiger partial charge on any atom is -0.492 e. The van der Waals surface area contributed by atoms with Gasteiger partial charge in [-0.05, 0) is 95.0 Å². The highest BCUT2D eigenvalue weighted by atomic mass is 35.5. The van der Waals surface area contributed by atoms with E-state index in [4.69, 9.17) is 21.3 Å². The molecule has 2 aromatic carbocycles. The molecule has 0 saturated carbocycles. The number of para-hydroxylation sites is 1. The lowest BCUT2D eigenvalue weighted by Gasteiger charge is -2.36. The van der Waals surface area contributed by atoms with Gasteiger partial charge >= 0.3 is 0 Å². The highest BCUT2D eigenvalue weighted by molar-refractivity contribution is 6.32. The Bertz CT molecular complexity index is 1340. The summed E-state index contributed by atoms with van der Waals surface area (Å²) in [6, 6.07) is 17.4. The topological polar surface area (TPSA) is 36.2 Å². The van der Waals surface area contributed by atoms with E-state index in [9.17, 15) is 0 Å². The van der Waals surface area contributed by atoms with Gasteiger partial charge in [0.1, 0.15) is 11.4 Å². The Balaban J connectivity index is 1.43. The molecule has 0 bridgehead atoms. The van der Waals surface area contributed by atoms with Crippen LogP contribution in [-0.2, 0) is 0 Å². The Morgan fingerprint density at radius 2 is 1.78 bits per heavy atom. The van der Waals surface area contributed by atoms with Crippen molar-refractivity contribution in [3.63, 3.8) is 0 Å². The molecular weight excluding hydrogens is 470 g/mol. The Morgan fingerprint density at radius 1 is 1.00 bits per heavy atom. The van der Waals surface area contributed by atoms with Crippen LogP contribution < -0.4 is 9.64 Å². The fourth-order valence-corrected chi connectivity index (χ4v) is 5.39. The van der Waals surface area contributed by atoms with Crippen LogP contribution in [0.25, 0.3) is 27.8 Å². The number of hydrogen-bond donors (Lipinski definition) is 0. The molecular formula is C29H36ClN5O. The van der Waals surface area contributed by atoms with E-state index >= 15 is 0 Å². The van der Waals surface area contributed by atoms with Crippen molar-refractivity contribution in [1.82, 2.24) is 19.2 Å². The predicted octanol–water partition coefficient (Wildman–Crippen LogP) is 5.67. The van der Waals surface area contributed by atoms with Crippen molar-refractivity contribution in [2.45, 2.75) is 25.3 Å². The quantitative estimate of drug-likeness (QED) is 0.288. The number of fused-ring (bicyclic) bond motifs is 3. The number of pyridine rings is 1. The molecule has 0 N–H and O–H groups in total. The van der Waals surface area contributed by atoms with Crippen molar-refractivity contribution >= 4 is 34.0 Å². The van der Waals surface area contributed by atoms with Crippen molar-refractivity contribution in [2.75, 3.05) is 59.3 Å². The summed E-state index contributed by atoms with van der Waals surface area (Å²) in [5.74, 6) is 0.733. The predicted molar refractivity (Wildman–Crippen MR) is 151 cm³/mol. The maximum absolute atomic E-state index is 6.61. The summed E-state index contributed by atoms with van der Waals surface area (Å²) >= 11 is 6.61. The maximum atomic E-state index is 6.61. The first-order valence-electron chi connectivity index (χ1n) is 12.8. The number of piperidine rings is 1. The van der Waals surface area contributed by atoms with E-state index in [2.05, 4.69) is 89.9 Å². The van der Waals surface area contributed by atoms with Gasteiger partial charge in [0, 0.05) is 31.9 Å². The van der Waals surface area contributed by atoms with Gasteiger partial charge in [0.25, 0.3) is 0 Å². The summed E-state index contributed by atoms with van der Waals surface area (Å²) < 4.78 is 8.15. The first-order valence-corrected chi connectivity index (χ1v) is 13.2. The number of anilines is 1. The third-order valence-electron chi connectivity index (χ3n) is 7.20. The minimum absolute atomic E-state index is 0.636. The van der Waals surface area contributed by atoms with Crippen LogP contribution in [0.2, 0.25) is 5.02 Å². The number of ether oxygens (including phenoxy) is 1. The average Bonchev–Trinajstić information content (AvgIpc) is 3.25. The van der Waals surface area contributed by atoms with E-state index in [0.29, 0.717) is 17.7 Å². The van der Waals surface area contributed by atoms with E-state index in [1.807, 2.05) is 12.1 Å². The largest absolute Gasteiger partial charge is 0.492 e. The Morgan fingerprint density at radius 3 is 2.50 bits per heavy atom. The standard InChI is InChI=1S/C29H36ClN5O/c1-32(2)15-6-18-36-27-11-9-21(19-24(27)30)22-10-12-28-31-25-7-5-8-26(29(25)35(28)20-22)34-16-13-23(14-17-34)33(3)4/h5,7-12,19-20,23H,6,13-18H2,1-4H3.